The molecule has 0 radical (unpaired) electrons. The van der Waals surface area contributed by atoms with Crippen LogP contribution in [0.4, 0.5) is 0 Å². The van der Waals surface area contributed by atoms with Gasteiger partial charge in [-0.2, -0.15) is 0 Å². The lowest BCUT2D eigenvalue weighted by Gasteiger charge is -2.15. The van der Waals surface area contributed by atoms with Crippen molar-refractivity contribution >= 4 is 26.9 Å². The molecule has 0 bridgehead atoms. The van der Waals surface area contributed by atoms with Gasteiger partial charge >= 0.3 is 0 Å². The first-order valence-electron chi connectivity index (χ1n) is 6.51. The molecule has 0 aliphatic carbocycles. The topological polar surface area (TPSA) is 33.4 Å². The van der Waals surface area contributed by atoms with Gasteiger partial charge in [-0.1, -0.05) is 38.8 Å². The highest BCUT2D eigenvalue weighted by Crippen LogP contribution is 2.32. The lowest BCUT2D eigenvalue weighted by Crippen LogP contribution is -2.05. The zero-order valence-electron chi connectivity index (χ0n) is 10.8. The number of furan rings is 1. The van der Waals surface area contributed by atoms with Gasteiger partial charge in [0, 0.05) is 5.39 Å². The minimum atomic E-state index is -0.505. The standard InChI is InChI=1S/C15H19BrO2/c1-3-10(4-2)8-13(17)14-9-11-6-5-7-12(16)15(11)18-14/h5-7,9-10,13,17H,3-4,8H2,1-2H3. The van der Waals surface area contributed by atoms with Gasteiger partial charge in [0.25, 0.3) is 0 Å². The van der Waals surface area contributed by atoms with Crippen molar-refractivity contribution in [3.8, 4) is 0 Å². The number of aliphatic hydroxyl groups excluding tert-OH is 1. The monoisotopic (exact) mass is 310 g/mol. The normalized spacial score (nSPS) is 13.4. The van der Waals surface area contributed by atoms with Crippen molar-refractivity contribution in [3.05, 3.63) is 34.5 Å². The van der Waals surface area contributed by atoms with Gasteiger partial charge in [0.2, 0.25) is 0 Å². The minimum Gasteiger partial charge on any atom is -0.457 e. The average Bonchev–Trinajstić information content (AvgIpc) is 2.81. The summed E-state index contributed by atoms with van der Waals surface area (Å²) < 4.78 is 6.69. The summed E-state index contributed by atoms with van der Waals surface area (Å²) in [7, 11) is 0. The first-order valence-corrected chi connectivity index (χ1v) is 7.31. The molecule has 1 atom stereocenters. The Labute approximate surface area is 116 Å². The molecule has 1 unspecified atom stereocenters. The van der Waals surface area contributed by atoms with Crippen molar-refractivity contribution in [2.75, 3.05) is 0 Å². The number of para-hydroxylation sites is 1. The van der Waals surface area contributed by atoms with E-state index in [1.807, 2.05) is 24.3 Å². The van der Waals surface area contributed by atoms with Crippen molar-refractivity contribution in [1.82, 2.24) is 0 Å². The van der Waals surface area contributed by atoms with E-state index in [1.165, 1.54) is 0 Å². The van der Waals surface area contributed by atoms with E-state index in [-0.39, 0.29) is 0 Å². The molecule has 0 fully saturated rings. The van der Waals surface area contributed by atoms with Gasteiger partial charge in [-0.3, -0.25) is 0 Å². The molecule has 2 aromatic rings. The summed E-state index contributed by atoms with van der Waals surface area (Å²) in [6, 6.07) is 7.85. The zero-order chi connectivity index (χ0) is 13.1. The van der Waals surface area contributed by atoms with E-state index in [9.17, 15) is 5.11 Å². The van der Waals surface area contributed by atoms with E-state index in [0.29, 0.717) is 11.7 Å². The highest BCUT2D eigenvalue weighted by Gasteiger charge is 2.18. The van der Waals surface area contributed by atoms with Crippen LogP contribution in [0.2, 0.25) is 0 Å². The number of fused-ring (bicyclic) bond motifs is 1. The summed E-state index contributed by atoms with van der Waals surface area (Å²) in [5.74, 6) is 1.22. The maximum Gasteiger partial charge on any atom is 0.148 e. The largest absolute Gasteiger partial charge is 0.457 e. The maximum absolute atomic E-state index is 10.2. The molecule has 1 heterocycles. The third-order valence-electron chi connectivity index (χ3n) is 3.55. The molecule has 0 spiro atoms. The van der Waals surface area contributed by atoms with E-state index in [0.717, 1.165) is 34.7 Å². The van der Waals surface area contributed by atoms with Gasteiger partial charge in [0.05, 0.1) is 4.47 Å². The SMILES string of the molecule is CCC(CC)CC(O)c1cc2cccc(Br)c2o1. The quantitative estimate of drug-likeness (QED) is 0.837. The lowest BCUT2D eigenvalue weighted by atomic mass is 9.95. The fourth-order valence-electron chi connectivity index (χ4n) is 2.27. The first kappa shape index (κ1) is 13.6. The molecule has 0 aliphatic heterocycles. The Hall–Kier alpha value is -0.800. The zero-order valence-corrected chi connectivity index (χ0v) is 12.4. The second kappa shape index (κ2) is 5.89. The van der Waals surface area contributed by atoms with Crippen LogP contribution in [0.3, 0.4) is 0 Å². The summed E-state index contributed by atoms with van der Waals surface area (Å²) in [6.45, 7) is 4.33. The summed E-state index contributed by atoms with van der Waals surface area (Å²) >= 11 is 3.46. The molecule has 3 heteroatoms. The van der Waals surface area contributed by atoms with Crippen molar-refractivity contribution in [2.45, 2.75) is 39.2 Å². The van der Waals surface area contributed by atoms with Gasteiger partial charge in [0.1, 0.15) is 17.4 Å². The molecule has 2 nitrogen and oxygen atoms in total. The first-order chi connectivity index (χ1) is 8.65. The predicted octanol–water partition coefficient (Wildman–Crippen LogP) is 5.06. The number of aliphatic hydroxyl groups is 1. The number of hydrogen-bond donors (Lipinski definition) is 1. The van der Waals surface area contributed by atoms with Gasteiger partial charge in [-0.25, -0.2) is 0 Å². The van der Waals surface area contributed by atoms with Gasteiger partial charge in [0.15, 0.2) is 0 Å². The molecule has 98 valence electrons. The Balaban J connectivity index is 2.23. The van der Waals surface area contributed by atoms with Crippen LogP contribution in [-0.2, 0) is 0 Å². The molecule has 2 rings (SSSR count). The predicted molar refractivity (Wildman–Crippen MR) is 77.6 cm³/mol. The molecule has 0 saturated carbocycles. The van der Waals surface area contributed by atoms with Crippen molar-refractivity contribution in [2.24, 2.45) is 5.92 Å². The van der Waals surface area contributed by atoms with Crippen molar-refractivity contribution in [1.29, 1.82) is 0 Å². The summed E-state index contributed by atoms with van der Waals surface area (Å²) in [6.07, 6.45) is 2.45. The van der Waals surface area contributed by atoms with Crippen molar-refractivity contribution < 1.29 is 9.52 Å². The highest BCUT2D eigenvalue weighted by atomic mass is 79.9. The lowest BCUT2D eigenvalue weighted by molar-refractivity contribution is 0.119. The third-order valence-corrected chi connectivity index (χ3v) is 4.18. The van der Waals surface area contributed by atoms with Crippen LogP contribution < -0.4 is 0 Å². The molecule has 1 aromatic carbocycles. The fourth-order valence-corrected chi connectivity index (χ4v) is 2.73. The van der Waals surface area contributed by atoms with E-state index in [4.69, 9.17) is 4.42 Å². The maximum atomic E-state index is 10.2. The van der Waals surface area contributed by atoms with Crippen LogP contribution in [0.5, 0.6) is 0 Å². The highest BCUT2D eigenvalue weighted by molar-refractivity contribution is 9.10. The smallest absolute Gasteiger partial charge is 0.148 e. The summed E-state index contributed by atoms with van der Waals surface area (Å²) in [5, 5.41) is 11.3. The second-order valence-corrected chi connectivity index (χ2v) is 5.60. The second-order valence-electron chi connectivity index (χ2n) is 4.74. The van der Waals surface area contributed by atoms with E-state index >= 15 is 0 Å². The molecule has 1 aromatic heterocycles. The Morgan fingerprint density at radius 3 is 2.61 bits per heavy atom. The number of rotatable bonds is 5. The van der Waals surface area contributed by atoms with Gasteiger partial charge < -0.3 is 9.52 Å². The van der Waals surface area contributed by atoms with E-state index in [1.54, 1.807) is 0 Å². The molecule has 0 saturated heterocycles. The Morgan fingerprint density at radius 1 is 1.28 bits per heavy atom. The van der Waals surface area contributed by atoms with Gasteiger partial charge in [-0.05, 0) is 40.4 Å². The molecule has 0 aliphatic rings. The van der Waals surface area contributed by atoms with Crippen molar-refractivity contribution in [3.63, 3.8) is 0 Å². The summed E-state index contributed by atoms with van der Waals surface area (Å²) in [4.78, 5) is 0. The van der Waals surface area contributed by atoms with E-state index in [2.05, 4.69) is 29.8 Å². The number of hydrogen-bond acceptors (Lipinski definition) is 2. The Bertz CT molecular complexity index is 514. The minimum absolute atomic E-state index is 0.505. The molecular formula is C15H19BrO2. The van der Waals surface area contributed by atoms with Crippen LogP contribution >= 0.6 is 15.9 Å². The molecular weight excluding hydrogens is 292 g/mol. The van der Waals surface area contributed by atoms with Crippen LogP contribution in [0.25, 0.3) is 11.0 Å². The number of benzene rings is 1. The van der Waals surface area contributed by atoms with Crippen LogP contribution in [0.1, 0.15) is 45.0 Å². The van der Waals surface area contributed by atoms with Crippen LogP contribution in [0.15, 0.2) is 33.2 Å². The van der Waals surface area contributed by atoms with Gasteiger partial charge in [-0.15, -0.1) is 0 Å². The summed E-state index contributed by atoms with van der Waals surface area (Å²) in [5.41, 5.74) is 0.816. The Kier molecular flexibility index (Phi) is 4.46. The molecule has 1 N–H and O–H groups in total. The number of halogens is 1. The van der Waals surface area contributed by atoms with E-state index < -0.39 is 6.10 Å². The Morgan fingerprint density at radius 2 is 2.00 bits per heavy atom. The molecule has 18 heavy (non-hydrogen) atoms. The third kappa shape index (κ3) is 2.78. The fraction of sp³-hybridized carbons (Fsp3) is 0.467. The average molecular weight is 311 g/mol. The van der Waals surface area contributed by atoms with Crippen LogP contribution in [-0.4, -0.2) is 5.11 Å². The molecule has 0 amide bonds. The van der Waals surface area contributed by atoms with Crippen LogP contribution in [0, 0.1) is 5.92 Å².